The van der Waals surface area contributed by atoms with E-state index in [1.54, 1.807) is 6.92 Å². The van der Waals surface area contributed by atoms with Crippen molar-refractivity contribution in [1.82, 2.24) is 0 Å². The summed E-state index contributed by atoms with van der Waals surface area (Å²) in [6, 6.07) is 0. The molecule has 1 atom stereocenters. The number of rotatable bonds is 2. The second-order valence-corrected chi connectivity index (χ2v) is 2.36. The Kier molecular flexibility index (Phi) is 3.34. The van der Waals surface area contributed by atoms with Crippen LogP contribution in [0.3, 0.4) is 0 Å². The first-order chi connectivity index (χ1) is 3.13. The Hall–Kier alpha value is 0.210. The number of hydrogen-bond acceptors (Lipinski definition) is 1. The van der Waals surface area contributed by atoms with E-state index in [1.807, 2.05) is 0 Å². The first-order valence-corrected chi connectivity index (χ1v) is 2.60. The van der Waals surface area contributed by atoms with Gasteiger partial charge in [0.05, 0.1) is 0 Å². The van der Waals surface area contributed by atoms with Crippen LogP contribution in [0.15, 0.2) is 0 Å². The third kappa shape index (κ3) is 6.21. The van der Waals surface area contributed by atoms with E-state index >= 15 is 0 Å². The minimum absolute atomic E-state index is 0.108. The van der Waals surface area contributed by atoms with Crippen LogP contribution in [0.25, 0.3) is 0 Å². The topological polar surface area (TPSA) is 0 Å². The highest BCUT2D eigenvalue weighted by atomic mass is 32.1. The lowest BCUT2D eigenvalue weighted by molar-refractivity contribution is 0.138. The van der Waals surface area contributed by atoms with E-state index in [9.17, 15) is 8.78 Å². The first-order valence-electron chi connectivity index (χ1n) is 2.09. The maximum Gasteiger partial charge on any atom is 0.239 e. The predicted octanol–water partition coefficient (Wildman–Crippen LogP) is 1.96. The fraction of sp³-hybridized carbons (Fsp3) is 1.00. The Bertz CT molecular complexity index is 39.0. The minimum atomic E-state index is -2.20. The van der Waals surface area contributed by atoms with Gasteiger partial charge in [-0.15, -0.1) is 0 Å². The van der Waals surface area contributed by atoms with Crippen molar-refractivity contribution in [1.29, 1.82) is 0 Å². The van der Waals surface area contributed by atoms with Gasteiger partial charge < -0.3 is 0 Å². The Labute approximate surface area is 47.3 Å². The van der Waals surface area contributed by atoms with Crippen LogP contribution in [0.2, 0.25) is 0 Å². The highest BCUT2D eigenvalue weighted by molar-refractivity contribution is 7.80. The van der Waals surface area contributed by atoms with E-state index in [-0.39, 0.29) is 11.7 Å². The molecule has 7 heavy (non-hydrogen) atoms. The van der Waals surface area contributed by atoms with Crippen LogP contribution < -0.4 is 0 Å². The molecule has 0 aromatic heterocycles. The molecule has 0 spiro atoms. The summed E-state index contributed by atoms with van der Waals surface area (Å²) in [5.41, 5.74) is 0. The first kappa shape index (κ1) is 7.21. The van der Waals surface area contributed by atoms with Gasteiger partial charge in [-0.05, 0) is 0 Å². The average molecular weight is 126 g/mol. The zero-order valence-electron chi connectivity index (χ0n) is 4.06. The molecule has 0 aliphatic carbocycles. The SMILES string of the molecule is CC(S)CC(F)F. The van der Waals surface area contributed by atoms with Crippen LogP contribution in [0.5, 0.6) is 0 Å². The molecular formula is C4H8F2S. The number of thiol groups is 1. The van der Waals surface area contributed by atoms with Crippen LogP contribution >= 0.6 is 12.6 Å². The van der Waals surface area contributed by atoms with Crippen molar-refractivity contribution in [3.05, 3.63) is 0 Å². The van der Waals surface area contributed by atoms with Gasteiger partial charge in [-0.2, -0.15) is 12.6 Å². The van der Waals surface area contributed by atoms with Gasteiger partial charge in [0.25, 0.3) is 0 Å². The fourth-order valence-corrected chi connectivity index (χ4v) is 0.417. The summed E-state index contributed by atoms with van der Waals surface area (Å²) in [5, 5.41) is -0.181. The van der Waals surface area contributed by atoms with Gasteiger partial charge in [0.15, 0.2) is 0 Å². The molecule has 0 N–H and O–H groups in total. The fourth-order valence-electron chi connectivity index (χ4n) is 0.258. The summed E-state index contributed by atoms with van der Waals surface area (Å²) in [7, 11) is 0. The van der Waals surface area contributed by atoms with Crippen LogP contribution in [-0.4, -0.2) is 11.7 Å². The molecule has 0 aromatic carbocycles. The van der Waals surface area contributed by atoms with Crippen molar-refractivity contribution in [2.45, 2.75) is 25.0 Å². The van der Waals surface area contributed by atoms with Gasteiger partial charge in [-0.3, -0.25) is 0 Å². The maximum absolute atomic E-state index is 11.2. The summed E-state index contributed by atoms with van der Waals surface area (Å²) in [4.78, 5) is 0. The van der Waals surface area contributed by atoms with Crippen molar-refractivity contribution in [2.75, 3.05) is 0 Å². The standard InChI is InChI=1S/C4H8F2S/c1-3(7)2-4(5)6/h3-4,7H,2H2,1H3. The van der Waals surface area contributed by atoms with Gasteiger partial charge in [0, 0.05) is 11.7 Å². The van der Waals surface area contributed by atoms with E-state index in [1.165, 1.54) is 0 Å². The Morgan fingerprint density at radius 2 is 2.00 bits per heavy atom. The van der Waals surface area contributed by atoms with Crippen molar-refractivity contribution >= 4 is 12.6 Å². The van der Waals surface area contributed by atoms with Gasteiger partial charge in [-0.25, -0.2) is 8.78 Å². The van der Waals surface area contributed by atoms with Gasteiger partial charge >= 0.3 is 0 Å². The Balaban J connectivity index is 2.95. The summed E-state index contributed by atoms with van der Waals surface area (Å²) >= 11 is 3.76. The molecule has 0 heterocycles. The predicted molar refractivity (Wildman–Crippen MR) is 29.1 cm³/mol. The third-order valence-corrected chi connectivity index (χ3v) is 0.730. The molecule has 0 nitrogen and oxygen atoms in total. The number of halogens is 2. The molecule has 0 radical (unpaired) electrons. The lowest BCUT2D eigenvalue weighted by Gasteiger charge is -1.98. The van der Waals surface area contributed by atoms with Crippen molar-refractivity contribution < 1.29 is 8.78 Å². The average Bonchev–Trinajstić information content (AvgIpc) is 1.27. The van der Waals surface area contributed by atoms with Crippen LogP contribution in [0, 0.1) is 0 Å². The van der Waals surface area contributed by atoms with E-state index in [0.29, 0.717) is 0 Å². The van der Waals surface area contributed by atoms with Gasteiger partial charge in [-0.1, -0.05) is 6.92 Å². The molecule has 44 valence electrons. The summed E-state index contributed by atoms with van der Waals surface area (Å²) < 4.78 is 22.5. The largest absolute Gasteiger partial charge is 0.239 e. The van der Waals surface area contributed by atoms with Crippen molar-refractivity contribution in [2.24, 2.45) is 0 Å². The van der Waals surface area contributed by atoms with Gasteiger partial charge in [0.2, 0.25) is 6.43 Å². The van der Waals surface area contributed by atoms with E-state index < -0.39 is 6.43 Å². The van der Waals surface area contributed by atoms with E-state index in [2.05, 4.69) is 12.6 Å². The summed E-state index contributed by atoms with van der Waals surface area (Å²) in [6.45, 7) is 1.65. The van der Waals surface area contributed by atoms with E-state index in [0.717, 1.165) is 0 Å². The lowest BCUT2D eigenvalue weighted by atomic mass is 10.3. The second kappa shape index (κ2) is 3.24. The number of hydrogen-bond donors (Lipinski definition) is 1. The molecular weight excluding hydrogens is 118 g/mol. The molecule has 1 unspecified atom stereocenters. The highest BCUT2D eigenvalue weighted by Crippen LogP contribution is 2.07. The molecule has 3 heteroatoms. The molecule has 0 saturated carbocycles. The second-order valence-electron chi connectivity index (χ2n) is 1.48. The third-order valence-electron chi connectivity index (χ3n) is 0.519. The molecule has 0 amide bonds. The summed E-state index contributed by atoms with van der Waals surface area (Å²) in [5.74, 6) is 0. The highest BCUT2D eigenvalue weighted by Gasteiger charge is 2.04. The summed E-state index contributed by atoms with van der Waals surface area (Å²) in [6.07, 6.45) is -2.31. The zero-order chi connectivity index (χ0) is 5.86. The Morgan fingerprint density at radius 3 is 2.00 bits per heavy atom. The van der Waals surface area contributed by atoms with Gasteiger partial charge in [0.1, 0.15) is 0 Å². The molecule has 0 bridgehead atoms. The Morgan fingerprint density at radius 1 is 1.57 bits per heavy atom. The van der Waals surface area contributed by atoms with Crippen molar-refractivity contribution in [3.63, 3.8) is 0 Å². The molecule has 0 rings (SSSR count). The molecule has 0 aromatic rings. The zero-order valence-corrected chi connectivity index (χ0v) is 4.96. The molecule has 0 aliphatic rings. The molecule has 0 fully saturated rings. The number of alkyl halides is 2. The van der Waals surface area contributed by atoms with Crippen LogP contribution in [0.1, 0.15) is 13.3 Å². The molecule has 0 aliphatic heterocycles. The minimum Gasteiger partial charge on any atom is -0.210 e. The smallest absolute Gasteiger partial charge is 0.210 e. The quantitative estimate of drug-likeness (QED) is 0.537. The van der Waals surface area contributed by atoms with Crippen LogP contribution in [0.4, 0.5) is 8.78 Å². The van der Waals surface area contributed by atoms with E-state index in [4.69, 9.17) is 0 Å². The maximum atomic E-state index is 11.2. The van der Waals surface area contributed by atoms with Crippen molar-refractivity contribution in [3.8, 4) is 0 Å². The lowest BCUT2D eigenvalue weighted by Crippen LogP contribution is -1.98. The van der Waals surface area contributed by atoms with Crippen LogP contribution in [-0.2, 0) is 0 Å². The monoisotopic (exact) mass is 126 g/mol. The normalized spacial score (nSPS) is 15.0. The molecule has 0 saturated heterocycles.